The Morgan fingerprint density at radius 1 is 1.45 bits per heavy atom. The van der Waals surface area contributed by atoms with Crippen molar-refractivity contribution in [3.8, 4) is 6.07 Å². The third-order valence-corrected chi connectivity index (χ3v) is 4.07. The van der Waals surface area contributed by atoms with E-state index in [0.29, 0.717) is 17.0 Å². The first-order valence-electron chi connectivity index (χ1n) is 6.00. The van der Waals surface area contributed by atoms with Gasteiger partial charge in [-0.3, -0.25) is 9.59 Å². The van der Waals surface area contributed by atoms with Gasteiger partial charge >= 0.3 is 0 Å². The number of nitrogens with one attached hydrogen (secondary N) is 2. The maximum atomic E-state index is 11.5. The van der Waals surface area contributed by atoms with E-state index in [-0.39, 0.29) is 22.8 Å². The van der Waals surface area contributed by atoms with Gasteiger partial charge in [0.1, 0.15) is 6.07 Å². The number of carbonyl (C=O) groups is 2. The fourth-order valence-corrected chi connectivity index (χ4v) is 3.04. The first-order chi connectivity index (χ1) is 9.58. The zero-order chi connectivity index (χ0) is 14.3. The van der Waals surface area contributed by atoms with Gasteiger partial charge in [-0.1, -0.05) is 11.8 Å². The van der Waals surface area contributed by atoms with Crippen molar-refractivity contribution < 1.29 is 9.59 Å². The van der Waals surface area contributed by atoms with Gasteiger partial charge in [0, 0.05) is 5.56 Å². The van der Waals surface area contributed by atoms with Crippen molar-refractivity contribution in [3.63, 3.8) is 0 Å². The zero-order valence-corrected chi connectivity index (χ0v) is 11.4. The summed E-state index contributed by atoms with van der Waals surface area (Å²) in [4.78, 5) is 22.7. The fourth-order valence-electron chi connectivity index (χ4n) is 2.32. The molecule has 0 aromatic heterocycles. The maximum Gasteiger partial charge on any atom is 0.299 e. The van der Waals surface area contributed by atoms with Crippen molar-refractivity contribution in [1.82, 2.24) is 5.43 Å². The van der Waals surface area contributed by atoms with Gasteiger partial charge in [-0.05, 0) is 24.6 Å². The lowest BCUT2D eigenvalue weighted by molar-refractivity contribution is -0.115. The highest BCUT2D eigenvalue weighted by Crippen LogP contribution is 2.30. The summed E-state index contributed by atoms with van der Waals surface area (Å²) < 4.78 is 0. The van der Waals surface area contributed by atoms with Crippen molar-refractivity contribution in [3.05, 3.63) is 28.8 Å². The van der Waals surface area contributed by atoms with Crippen LogP contribution in [-0.4, -0.2) is 22.1 Å². The average molecular weight is 286 g/mol. The molecule has 0 saturated heterocycles. The summed E-state index contributed by atoms with van der Waals surface area (Å²) in [5, 5.41) is 15.7. The van der Waals surface area contributed by atoms with E-state index in [9.17, 15) is 14.9 Å². The van der Waals surface area contributed by atoms with Gasteiger partial charge in [-0.2, -0.15) is 10.4 Å². The molecule has 6 nitrogen and oxygen atoms in total. The summed E-state index contributed by atoms with van der Waals surface area (Å²) in [6, 6.07) is 5.63. The molecule has 2 aliphatic rings. The van der Waals surface area contributed by atoms with Crippen LogP contribution in [0.5, 0.6) is 0 Å². The van der Waals surface area contributed by atoms with Crippen molar-refractivity contribution in [2.24, 2.45) is 5.10 Å². The van der Waals surface area contributed by atoms with E-state index in [1.165, 1.54) is 0 Å². The molecule has 0 fully saturated rings. The molecule has 1 aromatic carbocycles. The number of hydrazone groups is 1. The Balaban J connectivity index is 2.09. The van der Waals surface area contributed by atoms with Crippen LogP contribution < -0.4 is 10.7 Å². The number of nitrogens with zero attached hydrogens (tertiary/aromatic N) is 2. The number of nitriles is 1. The smallest absolute Gasteiger partial charge is 0.299 e. The quantitative estimate of drug-likeness (QED) is 0.819. The molecule has 0 aliphatic carbocycles. The van der Waals surface area contributed by atoms with Crippen LogP contribution >= 0.6 is 11.8 Å². The van der Waals surface area contributed by atoms with Crippen LogP contribution in [-0.2, 0) is 11.2 Å². The molecule has 1 unspecified atom stereocenters. The second-order valence-corrected chi connectivity index (χ2v) is 5.86. The predicted molar refractivity (Wildman–Crippen MR) is 75.6 cm³/mol. The van der Waals surface area contributed by atoms with Crippen molar-refractivity contribution in [2.75, 3.05) is 5.32 Å². The molecule has 1 atom stereocenters. The zero-order valence-electron chi connectivity index (χ0n) is 10.6. The van der Waals surface area contributed by atoms with Crippen LogP contribution in [0.3, 0.4) is 0 Å². The molecule has 100 valence electrons. The van der Waals surface area contributed by atoms with Gasteiger partial charge in [-0.15, -0.1) is 0 Å². The molecule has 2 aliphatic heterocycles. The number of benzene rings is 1. The summed E-state index contributed by atoms with van der Waals surface area (Å²) in [7, 11) is 0. The lowest BCUT2D eigenvalue weighted by Crippen LogP contribution is -2.29. The number of hydrogen-bond donors (Lipinski definition) is 2. The normalized spacial score (nSPS) is 20.6. The number of rotatable bonds is 1. The van der Waals surface area contributed by atoms with Gasteiger partial charge < -0.3 is 5.32 Å². The molecule has 3 rings (SSSR count). The summed E-state index contributed by atoms with van der Waals surface area (Å²) in [6.45, 7) is 1.88. The van der Waals surface area contributed by atoms with Gasteiger partial charge in [0.05, 0.1) is 28.6 Å². The molecule has 20 heavy (non-hydrogen) atoms. The minimum Gasteiger partial charge on any atom is -0.324 e. The van der Waals surface area contributed by atoms with Gasteiger partial charge in [0.2, 0.25) is 5.91 Å². The number of fused-ring (bicyclic) bond motifs is 1. The van der Waals surface area contributed by atoms with Crippen LogP contribution in [0.2, 0.25) is 0 Å². The minimum absolute atomic E-state index is 0.0987. The van der Waals surface area contributed by atoms with E-state index in [4.69, 9.17) is 0 Å². The SMILES string of the molecule is CC1SC(=O)NN=C1c1cc(C#N)c2c(c1)CC(=O)N2. The highest BCUT2D eigenvalue weighted by molar-refractivity contribution is 8.14. The largest absolute Gasteiger partial charge is 0.324 e. The Morgan fingerprint density at radius 2 is 2.25 bits per heavy atom. The Labute approximate surface area is 119 Å². The van der Waals surface area contributed by atoms with E-state index in [2.05, 4.69) is 21.9 Å². The Morgan fingerprint density at radius 3 is 2.95 bits per heavy atom. The third-order valence-electron chi connectivity index (χ3n) is 3.19. The highest BCUT2D eigenvalue weighted by Gasteiger charge is 2.27. The van der Waals surface area contributed by atoms with E-state index in [1.807, 2.05) is 13.0 Å². The fraction of sp³-hybridized carbons (Fsp3) is 0.231. The lowest BCUT2D eigenvalue weighted by Gasteiger charge is -2.19. The molecule has 0 bridgehead atoms. The molecule has 2 heterocycles. The molecule has 0 spiro atoms. The number of carbonyl (C=O) groups excluding carboxylic acids is 2. The van der Waals surface area contributed by atoms with Crippen LogP contribution in [0.1, 0.15) is 23.6 Å². The first kappa shape index (κ1) is 12.7. The molecular formula is C13H10N4O2S. The van der Waals surface area contributed by atoms with E-state index >= 15 is 0 Å². The topological polar surface area (TPSA) is 94.3 Å². The van der Waals surface area contributed by atoms with E-state index in [0.717, 1.165) is 22.9 Å². The van der Waals surface area contributed by atoms with E-state index < -0.39 is 0 Å². The lowest BCUT2D eigenvalue weighted by atomic mass is 9.99. The molecule has 7 heteroatoms. The number of thioether (sulfide) groups is 1. The monoisotopic (exact) mass is 286 g/mol. The van der Waals surface area contributed by atoms with Crippen molar-refractivity contribution >= 4 is 34.3 Å². The second-order valence-electron chi connectivity index (χ2n) is 4.55. The first-order valence-corrected chi connectivity index (χ1v) is 6.88. The van der Waals surface area contributed by atoms with Crippen LogP contribution in [0.4, 0.5) is 10.5 Å². The molecular weight excluding hydrogens is 276 g/mol. The Kier molecular flexibility index (Phi) is 2.95. The highest BCUT2D eigenvalue weighted by atomic mass is 32.2. The van der Waals surface area contributed by atoms with Gasteiger partial charge in [-0.25, -0.2) is 5.43 Å². The van der Waals surface area contributed by atoms with Crippen LogP contribution in [0, 0.1) is 11.3 Å². The third kappa shape index (κ3) is 2.04. The Hall–Kier alpha value is -2.33. The predicted octanol–water partition coefficient (Wildman–Crippen LogP) is 1.60. The molecule has 0 saturated carbocycles. The number of anilines is 1. The van der Waals surface area contributed by atoms with Gasteiger partial charge in [0.25, 0.3) is 5.24 Å². The molecule has 1 aromatic rings. The molecule has 0 radical (unpaired) electrons. The number of hydrogen-bond acceptors (Lipinski definition) is 5. The summed E-state index contributed by atoms with van der Waals surface area (Å²) in [5.41, 5.74) is 5.68. The van der Waals surface area contributed by atoms with Crippen LogP contribution in [0.15, 0.2) is 17.2 Å². The molecule has 2 N–H and O–H groups in total. The average Bonchev–Trinajstić information content (AvgIpc) is 2.77. The minimum atomic E-state index is -0.195. The standard InChI is InChI=1S/C13H10N4O2S/c1-6-11(16-17-13(19)20-6)7-2-8-4-10(18)15-12(8)9(3-7)5-14/h2-3,6H,4H2,1H3,(H,15,18)(H,17,19). The Bertz CT molecular complexity index is 705. The summed E-state index contributed by atoms with van der Waals surface area (Å²) in [6.07, 6.45) is 0.263. The summed E-state index contributed by atoms with van der Waals surface area (Å²) in [5.74, 6) is -0.116. The van der Waals surface area contributed by atoms with E-state index in [1.54, 1.807) is 6.07 Å². The van der Waals surface area contributed by atoms with Crippen molar-refractivity contribution in [1.29, 1.82) is 5.26 Å². The number of amides is 2. The van der Waals surface area contributed by atoms with Crippen molar-refractivity contribution in [2.45, 2.75) is 18.6 Å². The summed E-state index contributed by atoms with van der Waals surface area (Å²) >= 11 is 1.15. The molecule has 2 amide bonds. The maximum absolute atomic E-state index is 11.5. The van der Waals surface area contributed by atoms with Crippen LogP contribution in [0.25, 0.3) is 0 Å². The second kappa shape index (κ2) is 4.65. The van der Waals surface area contributed by atoms with Gasteiger partial charge in [0.15, 0.2) is 0 Å².